The van der Waals surface area contributed by atoms with Crippen molar-refractivity contribution in [2.75, 3.05) is 25.0 Å². The van der Waals surface area contributed by atoms with Gasteiger partial charge in [0.05, 0.1) is 5.02 Å². The van der Waals surface area contributed by atoms with Crippen LogP contribution >= 0.6 is 11.6 Å². The van der Waals surface area contributed by atoms with Crippen molar-refractivity contribution in [3.8, 4) is 0 Å². The van der Waals surface area contributed by atoms with Gasteiger partial charge >= 0.3 is 0 Å². The van der Waals surface area contributed by atoms with Gasteiger partial charge in [0.1, 0.15) is 11.5 Å². The van der Waals surface area contributed by atoms with Gasteiger partial charge in [-0.2, -0.15) is 0 Å². The molecular formula is C16H22ClN3O. The second kappa shape index (κ2) is 6.22. The zero-order valence-corrected chi connectivity index (χ0v) is 13.2. The predicted octanol–water partition coefficient (Wildman–Crippen LogP) is 3.43. The molecule has 3 rings (SSSR count). The molecule has 0 unspecified atom stereocenters. The van der Waals surface area contributed by atoms with E-state index in [0.717, 1.165) is 19.6 Å². The van der Waals surface area contributed by atoms with E-state index in [-0.39, 0.29) is 5.91 Å². The van der Waals surface area contributed by atoms with Crippen LogP contribution in [-0.4, -0.2) is 35.4 Å². The van der Waals surface area contributed by atoms with Crippen molar-refractivity contribution in [1.82, 2.24) is 9.88 Å². The Kier molecular flexibility index (Phi) is 4.34. The third kappa shape index (κ3) is 3.88. The first-order chi connectivity index (χ1) is 10.2. The van der Waals surface area contributed by atoms with Crippen LogP contribution in [0.1, 0.15) is 43.1 Å². The molecule has 2 aliphatic rings. The van der Waals surface area contributed by atoms with Gasteiger partial charge < -0.3 is 10.2 Å². The van der Waals surface area contributed by atoms with Gasteiger partial charge in [0.25, 0.3) is 5.91 Å². The monoisotopic (exact) mass is 307 g/mol. The number of amides is 1. The number of carbonyl (C=O) groups is 1. The summed E-state index contributed by atoms with van der Waals surface area (Å²) >= 11 is 6.20. The molecule has 2 fully saturated rings. The third-order valence-electron chi connectivity index (χ3n) is 4.04. The molecule has 0 radical (unpaired) electrons. The summed E-state index contributed by atoms with van der Waals surface area (Å²) in [7, 11) is 0. The van der Waals surface area contributed by atoms with Gasteiger partial charge in [0, 0.05) is 19.6 Å². The third-order valence-corrected chi connectivity index (χ3v) is 4.35. The second-order valence-electron chi connectivity index (χ2n) is 6.15. The van der Waals surface area contributed by atoms with Crippen molar-refractivity contribution in [2.45, 2.75) is 32.6 Å². The highest BCUT2D eigenvalue weighted by Gasteiger charge is 2.33. The van der Waals surface area contributed by atoms with Crippen molar-refractivity contribution in [2.24, 2.45) is 11.8 Å². The van der Waals surface area contributed by atoms with Gasteiger partial charge in [-0.15, -0.1) is 0 Å². The van der Waals surface area contributed by atoms with Crippen molar-refractivity contribution >= 4 is 23.3 Å². The summed E-state index contributed by atoms with van der Waals surface area (Å²) < 4.78 is 0. The summed E-state index contributed by atoms with van der Waals surface area (Å²) in [6, 6.07) is 3.57. The van der Waals surface area contributed by atoms with Crippen LogP contribution < -0.4 is 5.32 Å². The molecule has 0 aliphatic heterocycles. The van der Waals surface area contributed by atoms with Crippen LogP contribution in [0.15, 0.2) is 12.1 Å². The fourth-order valence-electron chi connectivity index (χ4n) is 2.49. The zero-order chi connectivity index (χ0) is 14.8. The topological polar surface area (TPSA) is 45.2 Å². The Balaban J connectivity index is 1.77. The van der Waals surface area contributed by atoms with E-state index in [1.807, 2.05) is 17.9 Å². The molecule has 0 bridgehead atoms. The molecule has 1 aromatic heterocycles. The van der Waals surface area contributed by atoms with Crippen LogP contribution in [0, 0.1) is 11.8 Å². The van der Waals surface area contributed by atoms with Crippen LogP contribution in [0.3, 0.4) is 0 Å². The molecule has 1 N–H and O–H groups in total. The Morgan fingerprint density at radius 3 is 2.43 bits per heavy atom. The van der Waals surface area contributed by atoms with E-state index in [2.05, 4.69) is 10.3 Å². The molecule has 2 aliphatic carbocycles. The Labute approximate surface area is 130 Å². The van der Waals surface area contributed by atoms with Gasteiger partial charge in [-0.25, -0.2) is 4.98 Å². The fraction of sp³-hybridized carbons (Fsp3) is 0.625. The quantitative estimate of drug-likeness (QED) is 0.839. The van der Waals surface area contributed by atoms with E-state index in [1.54, 1.807) is 6.07 Å². The molecule has 0 saturated heterocycles. The second-order valence-corrected chi connectivity index (χ2v) is 6.56. The van der Waals surface area contributed by atoms with E-state index in [1.165, 1.54) is 25.7 Å². The van der Waals surface area contributed by atoms with Gasteiger partial charge in [-0.05, 0) is 56.6 Å². The maximum absolute atomic E-state index is 12.8. The molecule has 1 aromatic rings. The smallest absolute Gasteiger partial charge is 0.274 e. The largest absolute Gasteiger partial charge is 0.370 e. The number of carbonyl (C=O) groups excluding carboxylic acids is 1. The van der Waals surface area contributed by atoms with Crippen molar-refractivity contribution in [3.63, 3.8) is 0 Å². The number of halogens is 1. The van der Waals surface area contributed by atoms with Gasteiger partial charge in [-0.3, -0.25) is 4.79 Å². The highest BCUT2D eigenvalue weighted by Crippen LogP contribution is 2.34. The lowest BCUT2D eigenvalue weighted by molar-refractivity contribution is 0.0734. The number of nitrogens with one attached hydrogen (secondary N) is 1. The predicted molar refractivity (Wildman–Crippen MR) is 84.8 cm³/mol. The van der Waals surface area contributed by atoms with Crippen molar-refractivity contribution in [1.29, 1.82) is 0 Å². The molecule has 0 atom stereocenters. The van der Waals surface area contributed by atoms with Crippen molar-refractivity contribution < 1.29 is 4.79 Å². The maximum atomic E-state index is 12.8. The van der Waals surface area contributed by atoms with Crippen LogP contribution in [-0.2, 0) is 0 Å². The number of hydrogen-bond acceptors (Lipinski definition) is 3. The Bertz CT molecular complexity index is 512. The lowest BCUT2D eigenvalue weighted by Crippen LogP contribution is -2.35. The van der Waals surface area contributed by atoms with Crippen molar-refractivity contribution in [3.05, 3.63) is 22.8 Å². The summed E-state index contributed by atoms with van der Waals surface area (Å²) in [5.74, 6) is 2.06. The van der Waals surface area contributed by atoms with Crippen LogP contribution in [0.4, 0.5) is 5.82 Å². The molecule has 1 heterocycles. The lowest BCUT2D eigenvalue weighted by Gasteiger charge is -2.23. The standard InChI is InChI=1S/C16H22ClN3O/c1-2-18-14-8-7-13(17)15(19-14)16(21)20(9-11-3-4-11)10-12-5-6-12/h7-8,11-12H,2-6,9-10H2,1H3,(H,18,19). The molecule has 114 valence electrons. The molecule has 4 nitrogen and oxygen atoms in total. The first kappa shape index (κ1) is 14.6. The Morgan fingerprint density at radius 2 is 1.90 bits per heavy atom. The highest BCUT2D eigenvalue weighted by atomic mass is 35.5. The molecular weight excluding hydrogens is 286 g/mol. The lowest BCUT2D eigenvalue weighted by atomic mass is 10.2. The number of anilines is 1. The number of rotatable bonds is 7. The average molecular weight is 308 g/mol. The summed E-state index contributed by atoms with van der Waals surface area (Å²) in [5.41, 5.74) is 0.386. The Morgan fingerprint density at radius 1 is 1.29 bits per heavy atom. The fourth-order valence-corrected chi connectivity index (χ4v) is 2.67. The van der Waals surface area contributed by atoms with E-state index in [4.69, 9.17) is 11.6 Å². The summed E-state index contributed by atoms with van der Waals surface area (Å²) in [6.45, 7) is 4.50. The minimum absolute atomic E-state index is 0.0152. The van der Waals surface area contributed by atoms with E-state index < -0.39 is 0 Å². The van der Waals surface area contributed by atoms with E-state index in [0.29, 0.717) is 28.4 Å². The van der Waals surface area contributed by atoms with Crippen LogP contribution in [0.5, 0.6) is 0 Å². The molecule has 2 saturated carbocycles. The number of hydrogen-bond donors (Lipinski definition) is 1. The number of pyridine rings is 1. The highest BCUT2D eigenvalue weighted by molar-refractivity contribution is 6.33. The summed E-state index contributed by atoms with van der Waals surface area (Å²) in [6.07, 6.45) is 4.97. The first-order valence-corrected chi connectivity index (χ1v) is 8.25. The molecule has 21 heavy (non-hydrogen) atoms. The van der Waals surface area contributed by atoms with Gasteiger partial charge in [0.15, 0.2) is 0 Å². The minimum atomic E-state index is -0.0152. The van der Waals surface area contributed by atoms with Crippen LogP contribution in [0.25, 0.3) is 0 Å². The van der Waals surface area contributed by atoms with Gasteiger partial charge in [0.2, 0.25) is 0 Å². The average Bonchev–Trinajstić information content (AvgIpc) is 3.35. The van der Waals surface area contributed by atoms with E-state index >= 15 is 0 Å². The molecule has 0 spiro atoms. The first-order valence-electron chi connectivity index (χ1n) is 7.87. The number of nitrogens with zero attached hydrogens (tertiary/aromatic N) is 2. The normalized spacial score (nSPS) is 17.6. The summed E-state index contributed by atoms with van der Waals surface area (Å²) in [4.78, 5) is 19.2. The van der Waals surface area contributed by atoms with Gasteiger partial charge in [-0.1, -0.05) is 11.6 Å². The van der Waals surface area contributed by atoms with Crippen LogP contribution in [0.2, 0.25) is 5.02 Å². The maximum Gasteiger partial charge on any atom is 0.274 e. The minimum Gasteiger partial charge on any atom is -0.370 e. The molecule has 5 heteroatoms. The number of aromatic nitrogens is 1. The molecule has 1 amide bonds. The Hall–Kier alpha value is -1.29. The molecule has 0 aromatic carbocycles. The zero-order valence-electron chi connectivity index (χ0n) is 12.4. The summed E-state index contributed by atoms with van der Waals surface area (Å²) in [5, 5.41) is 3.58. The van der Waals surface area contributed by atoms with E-state index in [9.17, 15) is 4.79 Å². The SMILES string of the molecule is CCNc1ccc(Cl)c(C(=O)N(CC2CC2)CC2CC2)n1.